The van der Waals surface area contributed by atoms with Crippen molar-refractivity contribution in [3.63, 3.8) is 0 Å². The molecule has 0 bridgehead atoms. The highest BCUT2D eigenvalue weighted by Crippen LogP contribution is 2.31. The number of amides is 1. The molecule has 6 heteroatoms. The Labute approximate surface area is 178 Å². The summed E-state index contributed by atoms with van der Waals surface area (Å²) >= 11 is 1.67. The molecule has 1 atom stereocenters. The number of nitrogens with zero attached hydrogens (tertiary/aromatic N) is 4. The molecule has 5 nitrogen and oxygen atoms in total. The Morgan fingerprint density at radius 1 is 1.24 bits per heavy atom. The van der Waals surface area contributed by atoms with E-state index in [4.69, 9.17) is 0 Å². The minimum atomic E-state index is 0.236. The van der Waals surface area contributed by atoms with Crippen LogP contribution in [0.4, 0.5) is 0 Å². The average Bonchev–Trinajstić information content (AvgIpc) is 3.17. The van der Waals surface area contributed by atoms with Gasteiger partial charge in [-0.25, -0.2) is 0 Å². The summed E-state index contributed by atoms with van der Waals surface area (Å²) in [6.45, 7) is 5.18. The highest BCUT2D eigenvalue weighted by molar-refractivity contribution is 8.16. The van der Waals surface area contributed by atoms with Crippen LogP contribution in [0.25, 0.3) is 0 Å². The van der Waals surface area contributed by atoms with E-state index in [2.05, 4.69) is 50.5 Å². The first-order valence-corrected chi connectivity index (χ1v) is 11.8. The third-order valence-electron chi connectivity index (χ3n) is 6.20. The summed E-state index contributed by atoms with van der Waals surface area (Å²) in [5.41, 5.74) is 2.54. The minimum absolute atomic E-state index is 0.236. The van der Waals surface area contributed by atoms with Crippen molar-refractivity contribution in [2.24, 2.45) is 4.99 Å². The maximum atomic E-state index is 13.0. The van der Waals surface area contributed by atoms with Gasteiger partial charge in [0.1, 0.15) is 0 Å². The zero-order valence-electron chi connectivity index (χ0n) is 17.4. The van der Waals surface area contributed by atoms with Crippen LogP contribution in [0.3, 0.4) is 0 Å². The standard InChI is InChI=1S/C23H32N4OS/c1-25(22(28)16-21-18-29-23-24-12-7-15-27(21)23)20-11-6-14-26(17-20)13-5-10-19-8-3-2-4-9-19/h2-4,8-9,18,20H,5-7,10-17H2,1H3/t20-/m1/s1. The van der Waals surface area contributed by atoms with Gasteiger partial charge >= 0.3 is 0 Å². The average molecular weight is 413 g/mol. The fourth-order valence-corrected chi connectivity index (χ4v) is 5.41. The van der Waals surface area contributed by atoms with Gasteiger partial charge < -0.3 is 14.7 Å². The van der Waals surface area contributed by atoms with Gasteiger partial charge in [-0.1, -0.05) is 42.1 Å². The van der Waals surface area contributed by atoms with E-state index < -0.39 is 0 Å². The second kappa shape index (κ2) is 9.81. The summed E-state index contributed by atoms with van der Waals surface area (Å²) in [4.78, 5) is 24.3. The van der Waals surface area contributed by atoms with Crippen LogP contribution < -0.4 is 0 Å². The molecule has 1 aromatic carbocycles. The van der Waals surface area contributed by atoms with Crippen LogP contribution in [0, 0.1) is 0 Å². The third-order valence-corrected chi connectivity index (χ3v) is 7.15. The van der Waals surface area contributed by atoms with E-state index in [0.29, 0.717) is 12.5 Å². The first kappa shape index (κ1) is 20.5. The van der Waals surface area contributed by atoms with Crippen molar-refractivity contribution < 1.29 is 4.79 Å². The number of carbonyl (C=O) groups excluding carboxylic acids is 1. The Morgan fingerprint density at radius 3 is 2.97 bits per heavy atom. The number of rotatable bonds is 7. The van der Waals surface area contributed by atoms with Crippen molar-refractivity contribution in [2.45, 2.75) is 44.6 Å². The van der Waals surface area contributed by atoms with Gasteiger partial charge in [0.05, 0.1) is 6.42 Å². The third kappa shape index (κ3) is 5.23. The zero-order valence-corrected chi connectivity index (χ0v) is 18.2. The second-order valence-corrected chi connectivity index (χ2v) is 9.10. The van der Waals surface area contributed by atoms with Crippen molar-refractivity contribution in [3.8, 4) is 0 Å². The molecule has 1 amide bonds. The number of thioether (sulfide) groups is 1. The number of benzene rings is 1. The van der Waals surface area contributed by atoms with Gasteiger partial charge in [0, 0.05) is 38.4 Å². The topological polar surface area (TPSA) is 39.2 Å². The molecule has 1 saturated heterocycles. The number of fused-ring (bicyclic) bond motifs is 1. The molecular formula is C23H32N4OS. The Bertz CT molecular complexity index is 763. The van der Waals surface area contributed by atoms with Crippen molar-refractivity contribution in [1.82, 2.24) is 14.7 Å². The molecule has 3 aliphatic heterocycles. The van der Waals surface area contributed by atoms with Crippen LogP contribution >= 0.6 is 11.8 Å². The number of aliphatic imine (C=N–C) groups is 1. The van der Waals surface area contributed by atoms with Gasteiger partial charge in [0.15, 0.2) is 5.17 Å². The van der Waals surface area contributed by atoms with Crippen molar-refractivity contribution >= 4 is 22.8 Å². The van der Waals surface area contributed by atoms with Crippen molar-refractivity contribution in [1.29, 1.82) is 0 Å². The Hall–Kier alpha value is -1.79. The molecule has 0 saturated carbocycles. The molecular weight excluding hydrogens is 380 g/mol. The zero-order chi connectivity index (χ0) is 20.1. The van der Waals surface area contributed by atoms with Crippen LogP contribution in [0.2, 0.25) is 0 Å². The minimum Gasteiger partial charge on any atom is -0.341 e. The van der Waals surface area contributed by atoms with Crippen LogP contribution in [0.1, 0.15) is 37.7 Å². The molecule has 0 aromatic heterocycles. The van der Waals surface area contributed by atoms with E-state index in [-0.39, 0.29) is 5.91 Å². The fraction of sp³-hybridized carbons (Fsp3) is 0.565. The molecule has 0 unspecified atom stereocenters. The molecule has 1 aromatic rings. The molecule has 3 heterocycles. The van der Waals surface area contributed by atoms with Crippen LogP contribution in [-0.2, 0) is 11.2 Å². The first-order valence-electron chi connectivity index (χ1n) is 10.9. The Kier molecular flexibility index (Phi) is 6.93. The number of piperidine rings is 1. The predicted molar refractivity (Wildman–Crippen MR) is 121 cm³/mol. The van der Waals surface area contributed by atoms with Gasteiger partial charge in [0.2, 0.25) is 5.91 Å². The first-order chi connectivity index (χ1) is 14.2. The number of hydrogen-bond acceptors (Lipinski definition) is 5. The normalized spacial score (nSPS) is 22.1. The largest absolute Gasteiger partial charge is 0.341 e. The highest BCUT2D eigenvalue weighted by Gasteiger charge is 2.30. The molecule has 0 spiro atoms. The maximum absolute atomic E-state index is 13.0. The highest BCUT2D eigenvalue weighted by atomic mass is 32.2. The molecule has 29 heavy (non-hydrogen) atoms. The summed E-state index contributed by atoms with van der Waals surface area (Å²) < 4.78 is 0. The summed E-state index contributed by atoms with van der Waals surface area (Å²) in [6.07, 6.45) is 6.16. The lowest BCUT2D eigenvalue weighted by molar-refractivity contribution is -0.132. The Balaban J connectivity index is 1.24. The van der Waals surface area contributed by atoms with Gasteiger partial charge in [-0.2, -0.15) is 0 Å². The second-order valence-electron chi connectivity index (χ2n) is 8.26. The molecule has 0 aliphatic carbocycles. The van der Waals surface area contributed by atoms with Gasteiger partial charge in [0.25, 0.3) is 0 Å². The van der Waals surface area contributed by atoms with Crippen LogP contribution in [-0.4, -0.2) is 71.6 Å². The Morgan fingerprint density at radius 2 is 2.10 bits per heavy atom. The molecule has 156 valence electrons. The van der Waals surface area contributed by atoms with E-state index in [1.807, 2.05) is 11.9 Å². The molecule has 0 radical (unpaired) electrons. The SMILES string of the molecule is CN(C(=O)CC1=CSC2=NCCCN12)[C@@H]1CCCN(CCCc2ccccc2)C1. The lowest BCUT2D eigenvalue weighted by Gasteiger charge is -2.38. The number of carbonyl (C=O) groups is 1. The van der Waals surface area contributed by atoms with Gasteiger partial charge in [-0.3, -0.25) is 9.79 Å². The number of aryl methyl sites for hydroxylation is 1. The predicted octanol–water partition coefficient (Wildman–Crippen LogP) is 3.58. The van der Waals surface area contributed by atoms with Crippen molar-refractivity contribution in [2.75, 3.05) is 39.8 Å². The number of amidine groups is 1. The molecule has 0 N–H and O–H groups in total. The summed E-state index contributed by atoms with van der Waals surface area (Å²) in [7, 11) is 1.99. The van der Waals surface area contributed by atoms with Crippen LogP contribution in [0.15, 0.2) is 46.4 Å². The van der Waals surface area contributed by atoms with Crippen molar-refractivity contribution in [3.05, 3.63) is 47.0 Å². The summed E-state index contributed by atoms with van der Waals surface area (Å²) in [5, 5.41) is 3.19. The summed E-state index contributed by atoms with van der Waals surface area (Å²) in [6, 6.07) is 11.1. The van der Waals surface area contributed by atoms with E-state index in [0.717, 1.165) is 62.9 Å². The molecule has 4 rings (SSSR count). The van der Waals surface area contributed by atoms with Gasteiger partial charge in [-0.15, -0.1) is 0 Å². The van der Waals surface area contributed by atoms with E-state index in [9.17, 15) is 4.79 Å². The molecule has 3 aliphatic rings. The van der Waals surface area contributed by atoms with Crippen LogP contribution in [0.5, 0.6) is 0 Å². The maximum Gasteiger partial charge on any atom is 0.228 e. The summed E-state index contributed by atoms with van der Waals surface area (Å²) in [5.74, 6) is 0.236. The number of hydrogen-bond donors (Lipinski definition) is 0. The monoisotopic (exact) mass is 412 g/mol. The molecule has 1 fully saturated rings. The smallest absolute Gasteiger partial charge is 0.228 e. The van der Waals surface area contributed by atoms with Gasteiger partial charge in [-0.05, 0) is 56.2 Å². The number of likely N-dealkylation sites (tertiary alicyclic amines) is 1. The van der Waals surface area contributed by atoms with E-state index in [1.165, 1.54) is 18.4 Å². The lowest BCUT2D eigenvalue weighted by atomic mass is 10.0. The quantitative estimate of drug-likeness (QED) is 0.686. The number of likely N-dealkylation sites (N-methyl/N-ethyl adjacent to an activating group) is 1. The van der Waals surface area contributed by atoms with E-state index in [1.54, 1.807) is 11.8 Å². The fourth-order valence-electron chi connectivity index (χ4n) is 4.46. The lowest BCUT2D eigenvalue weighted by Crippen LogP contribution is -2.49. The van der Waals surface area contributed by atoms with E-state index >= 15 is 0 Å².